The average molecular weight is 215 g/mol. The monoisotopic (exact) mass is 215 g/mol. The van der Waals surface area contributed by atoms with Crippen LogP contribution in [0.1, 0.15) is 30.1 Å². The molecule has 1 saturated heterocycles. The summed E-state index contributed by atoms with van der Waals surface area (Å²) in [7, 11) is 0. The van der Waals surface area contributed by atoms with Crippen LogP contribution >= 0.6 is 0 Å². The van der Waals surface area contributed by atoms with E-state index >= 15 is 0 Å². The molecule has 0 saturated carbocycles. The summed E-state index contributed by atoms with van der Waals surface area (Å²) in [5.41, 5.74) is 2.35. The van der Waals surface area contributed by atoms with Gasteiger partial charge in [-0.3, -0.25) is 0 Å². The SMILES string of the molecule is Cc1c(C2CCCNC2)oc2ccccc12. The van der Waals surface area contributed by atoms with Crippen LogP contribution < -0.4 is 5.32 Å². The van der Waals surface area contributed by atoms with Crippen molar-refractivity contribution in [2.24, 2.45) is 0 Å². The molecule has 1 N–H and O–H groups in total. The molecule has 2 heteroatoms. The number of benzene rings is 1. The molecule has 0 amide bonds. The van der Waals surface area contributed by atoms with Gasteiger partial charge in [0.15, 0.2) is 0 Å². The minimum Gasteiger partial charge on any atom is -0.460 e. The molecule has 1 aliphatic rings. The molecular formula is C14H17NO. The molecule has 0 aliphatic carbocycles. The Kier molecular flexibility index (Phi) is 2.44. The Hall–Kier alpha value is -1.28. The lowest BCUT2D eigenvalue weighted by atomic mass is 9.94. The Balaban J connectivity index is 2.05. The highest BCUT2D eigenvalue weighted by atomic mass is 16.3. The van der Waals surface area contributed by atoms with Crippen molar-refractivity contribution in [3.05, 3.63) is 35.6 Å². The molecular weight excluding hydrogens is 198 g/mol. The summed E-state index contributed by atoms with van der Waals surface area (Å²) >= 11 is 0. The van der Waals surface area contributed by atoms with Crippen molar-refractivity contribution in [1.82, 2.24) is 5.32 Å². The van der Waals surface area contributed by atoms with Gasteiger partial charge in [-0.2, -0.15) is 0 Å². The van der Waals surface area contributed by atoms with E-state index in [0.29, 0.717) is 5.92 Å². The predicted molar refractivity (Wildman–Crippen MR) is 65.8 cm³/mol. The van der Waals surface area contributed by atoms with E-state index in [1.807, 2.05) is 6.07 Å². The van der Waals surface area contributed by atoms with E-state index in [4.69, 9.17) is 4.42 Å². The van der Waals surface area contributed by atoms with Gasteiger partial charge in [-0.25, -0.2) is 0 Å². The minimum absolute atomic E-state index is 0.557. The number of aryl methyl sites for hydroxylation is 1. The van der Waals surface area contributed by atoms with Crippen LogP contribution in [0.3, 0.4) is 0 Å². The standard InChI is InChI=1S/C14H17NO/c1-10-12-6-2-3-7-13(12)16-14(10)11-5-4-8-15-9-11/h2-3,6-7,11,15H,4-5,8-9H2,1H3. The lowest BCUT2D eigenvalue weighted by Crippen LogP contribution is -2.28. The smallest absolute Gasteiger partial charge is 0.134 e. The van der Waals surface area contributed by atoms with E-state index in [0.717, 1.165) is 18.7 Å². The van der Waals surface area contributed by atoms with Gasteiger partial charge < -0.3 is 9.73 Å². The fourth-order valence-electron chi connectivity index (χ4n) is 2.66. The number of nitrogens with one attached hydrogen (secondary N) is 1. The number of para-hydroxylation sites is 1. The third kappa shape index (κ3) is 1.54. The maximum atomic E-state index is 6.00. The molecule has 0 radical (unpaired) electrons. The Morgan fingerprint density at radius 1 is 1.31 bits per heavy atom. The van der Waals surface area contributed by atoms with Crippen LogP contribution in [0.4, 0.5) is 0 Å². The van der Waals surface area contributed by atoms with Crippen molar-refractivity contribution in [2.45, 2.75) is 25.7 Å². The molecule has 3 rings (SSSR count). The van der Waals surface area contributed by atoms with Gasteiger partial charge in [0.1, 0.15) is 11.3 Å². The van der Waals surface area contributed by atoms with Gasteiger partial charge in [0, 0.05) is 17.8 Å². The second kappa shape index (κ2) is 3.95. The highest BCUT2D eigenvalue weighted by molar-refractivity contribution is 5.82. The van der Waals surface area contributed by atoms with E-state index in [9.17, 15) is 0 Å². The molecule has 2 aromatic rings. The topological polar surface area (TPSA) is 25.2 Å². The molecule has 0 bridgehead atoms. The second-order valence-corrected chi connectivity index (χ2v) is 4.63. The Labute approximate surface area is 95.6 Å². The van der Waals surface area contributed by atoms with E-state index in [1.165, 1.54) is 29.6 Å². The number of hydrogen-bond acceptors (Lipinski definition) is 2. The highest BCUT2D eigenvalue weighted by Gasteiger charge is 2.21. The first-order valence-electron chi connectivity index (χ1n) is 6.05. The molecule has 84 valence electrons. The first kappa shape index (κ1) is 9.91. The van der Waals surface area contributed by atoms with Gasteiger partial charge >= 0.3 is 0 Å². The van der Waals surface area contributed by atoms with Gasteiger partial charge in [0.25, 0.3) is 0 Å². The molecule has 1 atom stereocenters. The van der Waals surface area contributed by atoms with E-state index in [2.05, 4.69) is 30.4 Å². The van der Waals surface area contributed by atoms with Crippen molar-refractivity contribution in [3.8, 4) is 0 Å². The molecule has 1 aromatic heterocycles. The summed E-state index contributed by atoms with van der Waals surface area (Å²) in [6, 6.07) is 8.32. The third-order valence-corrected chi connectivity index (χ3v) is 3.55. The summed E-state index contributed by atoms with van der Waals surface area (Å²) in [5.74, 6) is 1.74. The fourth-order valence-corrected chi connectivity index (χ4v) is 2.66. The number of hydrogen-bond donors (Lipinski definition) is 1. The van der Waals surface area contributed by atoms with Crippen LogP contribution in [0.5, 0.6) is 0 Å². The summed E-state index contributed by atoms with van der Waals surface area (Å²) in [6.07, 6.45) is 2.49. The number of piperidine rings is 1. The molecule has 2 nitrogen and oxygen atoms in total. The van der Waals surface area contributed by atoms with Crippen LogP contribution in [0, 0.1) is 6.92 Å². The van der Waals surface area contributed by atoms with E-state index in [1.54, 1.807) is 0 Å². The fraction of sp³-hybridized carbons (Fsp3) is 0.429. The number of furan rings is 1. The molecule has 1 aromatic carbocycles. The van der Waals surface area contributed by atoms with Crippen LogP contribution in [-0.2, 0) is 0 Å². The van der Waals surface area contributed by atoms with Crippen LogP contribution in [0.15, 0.2) is 28.7 Å². The van der Waals surface area contributed by atoms with Gasteiger partial charge in [-0.1, -0.05) is 18.2 Å². The van der Waals surface area contributed by atoms with Crippen molar-refractivity contribution >= 4 is 11.0 Å². The molecule has 1 aliphatic heterocycles. The van der Waals surface area contributed by atoms with Crippen molar-refractivity contribution in [1.29, 1.82) is 0 Å². The minimum atomic E-state index is 0.557. The first-order chi connectivity index (χ1) is 7.86. The average Bonchev–Trinajstić information content (AvgIpc) is 2.69. The molecule has 16 heavy (non-hydrogen) atoms. The maximum absolute atomic E-state index is 6.00. The second-order valence-electron chi connectivity index (χ2n) is 4.63. The van der Waals surface area contributed by atoms with Crippen LogP contribution in [0.25, 0.3) is 11.0 Å². The van der Waals surface area contributed by atoms with Gasteiger partial charge in [0.05, 0.1) is 0 Å². The van der Waals surface area contributed by atoms with Crippen molar-refractivity contribution in [3.63, 3.8) is 0 Å². The van der Waals surface area contributed by atoms with Crippen LogP contribution in [0.2, 0.25) is 0 Å². The normalized spacial score (nSPS) is 21.4. The number of rotatable bonds is 1. The Morgan fingerprint density at radius 3 is 2.94 bits per heavy atom. The van der Waals surface area contributed by atoms with Crippen LogP contribution in [-0.4, -0.2) is 13.1 Å². The molecule has 1 unspecified atom stereocenters. The largest absolute Gasteiger partial charge is 0.460 e. The summed E-state index contributed by atoms with van der Waals surface area (Å²) < 4.78 is 6.00. The zero-order valence-corrected chi connectivity index (χ0v) is 9.62. The van der Waals surface area contributed by atoms with Crippen molar-refractivity contribution < 1.29 is 4.42 Å². The third-order valence-electron chi connectivity index (χ3n) is 3.55. The van der Waals surface area contributed by atoms with Gasteiger partial charge in [0.2, 0.25) is 0 Å². The predicted octanol–water partition coefficient (Wildman–Crippen LogP) is 3.21. The number of fused-ring (bicyclic) bond motifs is 1. The summed E-state index contributed by atoms with van der Waals surface area (Å²) in [5, 5.41) is 4.71. The van der Waals surface area contributed by atoms with Crippen molar-refractivity contribution in [2.75, 3.05) is 13.1 Å². The zero-order chi connectivity index (χ0) is 11.0. The Morgan fingerprint density at radius 2 is 2.19 bits per heavy atom. The quantitative estimate of drug-likeness (QED) is 0.790. The lowest BCUT2D eigenvalue weighted by Gasteiger charge is -2.21. The molecule has 0 spiro atoms. The first-order valence-corrected chi connectivity index (χ1v) is 6.05. The lowest BCUT2D eigenvalue weighted by molar-refractivity contribution is 0.397. The summed E-state index contributed by atoms with van der Waals surface area (Å²) in [4.78, 5) is 0. The van der Waals surface area contributed by atoms with Gasteiger partial charge in [-0.05, 0) is 37.9 Å². The van der Waals surface area contributed by atoms with E-state index in [-0.39, 0.29) is 0 Å². The highest BCUT2D eigenvalue weighted by Crippen LogP contribution is 2.33. The molecule has 1 fully saturated rings. The van der Waals surface area contributed by atoms with E-state index < -0.39 is 0 Å². The maximum Gasteiger partial charge on any atom is 0.134 e. The zero-order valence-electron chi connectivity index (χ0n) is 9.62. The van der Waals surface area contributed by atoms with Gasteiger partial charge in [-0.15, -0.1) is 0 Å². The molecule has 2 heterocycles. The summed E-state index contributed by atoms with van der Waals surface area (Å²) in [6.45, 7) is 4.38. The Bertz CT molecular complexity index is 494.